The van der Waals surface area contributed by atoms with E-state index in [1.807, 2.05) is 19.9 Å². The summed E-state index contributed by atoms with van der Waals surface area (Å²) in [4.78, 5) is 0. The maximum Gasteiger partial charge on any atom is 0.115 e. The van der Waals surface area contributed by atoms with E-state index in [2.05, 4.69) is 20.1 Å². The van der Waals surface area contributed by atoms with Crippen molar-refractivity contribution in [2.24, 2.45) is 0 Å². The first-order valence-corrected chi connectivity index (χ1v) is 4.45. The monoisotopic (exact) mass is 178 g/mol. The molecule has 0 saturated carbocycles. The first-order valence-electron chi connectivity index (χ1n) is 4.45. The molecule has 0 radical (unpaired) electrons. The molecule has 0 unspecified atom stereocenters. The average molecular weight is 178 g/mol. The number of hydrogen-bond acceptors (Lipinski definition) is 1. The van der Waals surface area contributed by atoms with Crippen molar-refractivity contribution in [2.45, 2.75) is 27.2 Å². The Hall–Kier alpha value is -1.24. The van der Waals surface area contributed by atoms with E-state index < -0.39 is 0 Å². The van der Waals surface area contributed by atoms with Gasteiger partial charge in [-0.2, -0.15) is 0 Å². The summed E-state index contributed by atoms with van der Waals surface area (Å²) < 4.78 is 0. The molecule has 0 aromatic heterocycles. The number of hydrogen-bond donors (Lipinski definition) is 1. The van der Waals surface area contributed by atoms with Crippen LogP contribution in [-0.2, 0) is 0 Å². The zero-order valence-corrected chi connectivity index (χ0v) is 8.72. The molecule has 13 heavy (non-hydrogen) atoms. The molecule has 0 aliphatic carbocycles. The SMILES string of the molecule is C=CC(=C(\C)CC)/C(=C\C)C(=C)O. The standard InChI is InChI=1S/C12H18O/c1-6-9(4)11(7-2)12(8-3)10(5)13/h7-8,13H,2,5-6H2,1,3-4H3/b11-9-,12-8-. The first-order chi connectivity index (χ1) is 6.08. The van der Waals surface area contributed by atoms with Gasteiger partial charge in [0.05, 0.1) is 0 Å². The van der Waals surface area contributed by atoms with Crippen LogP contribution in [0.15, 0.2) is 47.8 Å². The maximum absolute atomic E-state index is 9.31. The smallest absolute Gasteiger partial charge is 0.115 e. The van der Waals surface area contributed by atoms with Crippen LogP contribution in [0.3, 0.4) is 0 Å². The van der Waals surface area contributed by atoms with Crippen molar-refractivity contribution >= 4 is 0 Å². The molecule has 0 fully saturated rings. The molecule has 0 aromatic rings. The third-order valence-corrected chi connectivity index (χ3v) is 2.08. The highest BCUT2D eigenvalue weighted by molar-refractivity contribution is 5.49. The second-order valence-corrected chi connectivity index (χ2v) is 2.90. The van der Waals surface area contributed by atoms with Gasteiger partial charge in [0.15, 0.2) is 0 Å². The fraction of sp³-hybridized carbons (Fsp3) is 0.333. The Kier molecular flexibility index (Phi) is 4.90. The summed E-state index contributed by atoms with van der Waals surface area (Å²) in [7, 11) is 0. The largest absolute Gasteiger partial charge is 0.508 e. The quantitative estimate of drug-likeness (QED) is 0.511. The van der Waals surface area contributed by atoms with E-state index in [1.54, 1.807) is 6.08 Å². The van der Waals surface area contributed by atoms with Crippen molar-refractivity contribution in [3.8, 4) is 0 Å². The predicted octanol–water partition coefficient (Wildman–Crippen LogP) is 3.92. The Labute approximate surface area is 80.8 Å². The predicted molar refractivity (Wildman–Crippen MR) is 58.7 cm³/mol. The summed E-state index contributed by atoms with van der Waals surface area (Å²) in [6, 6.07) is 0. The van der Waals surface area contributed by atoms with E-state index in [9.17, 15) is 5.11 Å². The van der Waals surface area contributed by atoms with Crippen LogP contribution >= 0.6 is 0 Å². The van der Waals surface area contributed by atoms with Crippen LogP contribution in [0.4, 0.5) is 0 Å². The molecule has 0 amide bonds. The molecule has 0 aromatic carbocycles. The second kappa shape index (κ2) is 5.41. The lowest BCUT2D eigenvalue weighted by Crippen LogP contribution is -1.93. The highest BCUT2D eigenvalue weighted by Gasteiger charge is 2.06. The molecule has 0 atom stereocenters. The third-order valence-electron chi connectivity index (χ3n) is 2.08. The van der Waals surface area contributed by atoms with E-state index >= 15 is 0 Å². The van der Waals surface area contributed by atoms with Crippen molar-refractivity contribution < 1.29 is 5.11 Å². The summed E-state index contributed by atoms with van der Waals surface area (Å²) in [6.07, 6.45) is 4.56. The van der Waals surface area contributed by atoms with Gasteiger partial charge >= 0.3 is 0 Å². The van der Waals surface area contributed by atoms with Crippen LogP contribution in [-0.4, -0.2) is 5.11 Å². The highest BCUT2D eigenvalue weighted by atomic mass is 16.3. The van der Waals surface area contributed by atoms with Gasteiger partial charge in [-0.25, -0.2) is 0 Å². The van der Waals surface area contributed by atoms with Gasteiger partial charge in [-0.1, -0.05) is 37.8 Å². The fourth-order valence-electron chi connectivity index (χ4n) is 1.18. The number of aliphatic hydroxyl groups excluding tert-OH is 1. The van der Waals surface area contributed by atoms with E-state index in [1.165, 1.54) is 5.57 Å². The summed E-state index contributed by atoms with van der Waals surface area (Å²) in [5, 5.41) is 9.31. The van der Waals surface area contributed by atoms with Gasteiger partial charge in [0.1, 0.15) is 5.76 Å². The van der Waals surface area contributed by atoms with Crippen LogP contribution in [0, 0.1) is 0 Å². The minimum Gasteiger partial charge on any atom is -0.508 e. The number of allylic oxidation sites excluding steroid dienone is 4. The van der Waals surface area contributed by atoms with Gasteiger partial charge in [0.2, 0.25) is 0 Å². The van der Waals surface area contributed by atoms with E-state index in [4.69, 9.17) is 0 Å². The Bertz CT molecular complexity index is 267. The van der Waals surface area contributed by atoms with Gasteiger partial charge in [0, 0.05) is 5.57 Å². The van der Waals surface area contributed by atoms with Gasteiger partial charge in [-0.05, 0) is 25.8 Å². The Morgan fingerprint density at radius 1 is 1.46 bits per heavy atom. The lowest BCUT2D eigenvalue weighted by Gasteiger charge is -2.09. The van der Waals surface area contributed by atoms with E-state index in [-0.39, 0.29) is 5.76 Å². The summed E-state index contributed by atoms with van der Waals surface area (Å²) >= 11 is 0. The van der Waals surface area contributed by atoms with Gasteiger partial charge in [-0.15, -0.1) is 0 Å². The van der Waals surface area contributed by atoms with Crippen LogP contribution in [0.1, 0.15) is 27.2 Å². The zero-order valence-electron chi connectivity index (χ0n) is 8.72. The molecule has 0 heterocycles. The molecule has 0 aliphatic rings. The molecule has 0 aliphatic heterocycles. The molecular weight excluding hydrogens is 160 g/mol. The van der Waals surface area contributed by atoms with E-state index in [0.29, 0.717) is 0 Å². The van der Waals surface area contributed by atoms with Crippen LogP contribution in [0.5, 0.6) is 0 Å². The molecule has 0 saturated heterocycles. The Morgan fingerprint density at radius 3 is 2.23 bits per heavy atom. The Balaban J connectivity index is 5.20. The Morgan fingerprint density at radius 2 is 2.00 bits per heavy atom. The highest BCUT2D eigenvalue weighted by Crippen LogP contribution is 2.22. The summed E-state index contributed by atoms with van der Waals surface area (Å²) in [5.41, 5.74) is 2.96. The van der Waals surface area contributed by atoms with Crippen molar-refractivity contribution in [2.75, 3.05) is 0 Å². The average Bonchev–Trinajstić information content (AvgIpc) is 2.12. The van der Waals surface area contributed by atoms with Crippen LogP contribution in [0.25, 0.3) is 0 Å². The topological polar surface area (TPSA) is 20.2 Å². The van der Waals surface area contributed by atoms with Crippen molar-refractivity contribution in [1.82, 2.24) is 0 Å². The molecular formula is C12H18O. The van der Waals surface area contributed by atoms with E-state index in [0.717, 1.165) is 17.6 Å². The minimum absolute atomic E-state index is 0.102. The van der Waals surface area contributed by atoms with Crippen molar-refractivity contribution in [3.05, 3.63) is 47.8 Å². The van der Waals surface area contributed by atoms with Gasteiger partial charge in [0.25, 0.3) is 0 Å². The lowest BCUT2D eigenvalue weighted by atomic mass is 9.98. The van der Waals surface area contributed by atoms with Gasteiger partial charge < -0.3 is 5.11 Å². The molecule has 1 N–H and O–H groups in total. The molecule has 0 bridgehead atoms. The molecule has 72 valence electrons. The molecule has 0 spiro atoms. The maximum atomic E-state index is 9.31. The van der Waals surface area contributed by atoms with Crippen molar-refractivity contribution in [3.63, 3.8) is 0 Å². The summed E-state index contributed by atoms with van der Waals surface area (Å²) in [5.74, 6) is 0.102. The number of aliphatic hydroxyl groups is 1. The summed E-state index contributed by atoms with van der Waals surface area (Å²) in [6.45, 7) is 13.2. The molecule has 0 rings (SSSR count). The molecule has 1 heteroatoms. The third kappa shape index (κ3) is 2.94. The molecule has 1 nitrogen and oxygen atoms in total. The second-order valence-electron chi connectivity index (χ2n) is 2.90. The normalized spacial score (nSPS) is 13.6. The van der Waals surface area contributed by atoms with Crippen LogP contribution in [0.2, 0.25) is 0 Å². The van der Waals surface area contributed by atoms with Gasteiger partial charge in [-0.3, -0.25) is 0 Å². The number of rotatable bonds is 4. The lowest BCUT2D eigenvalue weighted by molar-refractivity contribution is 0.428. The zero-order chi connectivity index (χ0) is 10.4. The minimum atomic E-state index is 0.102. The van der Waals surface area contributed by atoms with Crippen molar-refractivity contribution in [1.29, 1.82) is 0 Å². The fourth-order valence-corrected chi connectivity index (χ4v) is 1.18. The first kappa shape index (κ1) is 11.8. The van der Waals surface area contributed by atoms with Crippen LogP contribution < -0.4 is 0 Å².